The van der Waals surface area contributed by atoms with Crippen molar-refractivity contribution in [1.29, 1.82) is 0 Å². The van der Waals surface area contributed by atoms with Crippen LogP contribution < -0.4 is 10.6 Å². The number of hydrogen-bond acceptors (Lipinski definition) is 5. The molecule has 17 heavy (non-hydrogen) atoms. The molecule has 1 unspecified atom stereocenters. The van der Waals surface area contributed by atoms with Crippen LogP contribution in [-0.2, 0) is 0 Å². The normalized spacial score (nSPS) is 26.6. The number of nitrogens with one attached hydrogen (secondary N) is 2. The van der Waals surface area contributed by atoms with Crippen molar-refractivity contribution in [2.24, 2.45) is 0 Å². The van der Waals surface area contributed by atoms with Crippen LogP contribution >= 0.6 is 0 Å². The first-order valence-corrected chi connectivity index (χ1v) is 6.89. The summed E-state index contributed by atoms with van der Waals surface area (Å²) >= 11 is 0. The van der Waals surface area contributed by atoms with Gasteiger partial charge in [-0.1, -0.05) is 0 Å². The fourth-order valence-electron chi connectivity index (χ4n) is 2.63. The quantitative estimate of drug-likeness (QED) is 0.563. The van der Waals surface area contributed by atoms with E-state index in [2.05, 4.69) is 20.4 Å². The first-order valence-electron chi connectivity index (χ1n) is 6.89. The molecule has 2 aliphatic heterocycles. The van der Waals surface area contributed by atoms with Crippen LogP contribution in [0.2, 0.25) is 0 Å². The second-order valence-electron chi connectivity index (χ2n) is 5.11. The van der Waals surface area contributed by atoms with E-state index in [-0.39, 0.29) is 6.10 Å². The molecule has 0 aromatic heterocycles. The molecule has 2 heterocycles. The van der Waals surface area contributed by atoms with E-state index in [1.165, 1.54) is 6.42 Å². The first-order chi connectivity index (χ1) is 8.34. The van der Waals surface area contributed by atoms with Gasteiger partial charge in [0.05, 0.1) is 6.10 Å². The van der Waals surface area contributed by atoms with E-state index in [9.17, 15) is 5.11 Å². The molecule has 0 aliphatic carbocycles. The van der Waals surface area contributed by atoms with Gasteiger partial charge < -0.3 is 15.7 Å². The second-order valence-corrected chi connectivity index (χ2v) is 5.11. The molecule has 2 aliphatic rings. The molecule has 1 atom stereocenters. The van der Waals surface area contributed by atoms with Crippen molar-refractivity contribution in [3.05, 3.63) is 0 Å². The maximum absolute atomic E-state index is 10.1. The zero-order valence-electron chi connectivity index (χ0n) is 10.7. The lowest BCUT2D eigenvalue weighted by Gasteiger charge is -2.31. The van der Waals surface area contributed by atoms with Gasteiger partial charge in [-0.2, -0.15) is 0 Å². The maximum atomic E-state index is 10.1. The molecule has 5 nitrogen and oxygen atoms in total. The Balaban J connectivity index is 1.66. The van der Waals surface area contributed by atoms with Crippen LogP contribution in [0, 0.1) is 0 Å². The Morgan fingerprint density at radius 1 is 0.824 bits per heavy atom. The SMILES string of the molecule is OC(CN1CCCNCC1)CN1CCNCC1. The van der Waals surface area contributed by atoms with E-state index in [0.29, 0.717) is 0 Å². The third-order valence-corrected chi connectivity index (χ3v) is 3.58. The lowest BCUT2D eigenvalue weighted by molar-refractivity contribution is 0.0714. The molecule has 2 fully saturated rings. The highest BCUT2D eigenvalue weighted by Crippen LogP contribution is 2.01. The number of nitrogens with zero attached hydrogens (tertiary/aromatic N) is 2. The predicted molar refractivity (Wildman–Crippen MR) is 69.2 cm³/mol. The molecule has 0 amide bonds. The molecule has 0 spiro atoms. The highest BCUT2D eigenvalue weighted by atomic mass is 16.3. The van der Waals surface area contributed by atoms with Gasteiger partial charge >= 0.3 is 0 Å². The summed E-state index contributed by atoms with van der Waals surface area (Å²) in [5, 5.41) is 16.8. The third kappa shape index (κ3) is 4.89. The highest BCUT2D eigenvalue weighted by Gasteiger charge is 2.17. The minimum atomic E-state index is -0.203. The topological polar surface area (TPSA) is 50.8 Å². The van der Waals surface area contributed by atoms with Gasteiger partial charge in [-0.05, 0) is 19.5 Å². The van der Waals surface area contributed by atoms with E-state index >= 15 is 0 Å². The van der Waals surface area contributed by atoms with Gasteiger partial charge in [-0.25, -0.2) is 0 Å². The van der Waals surface area contributed by atoms with E-state index in [0.717, 1.165) is 65.4 Å². The van der Waals surface area contributed by atoms with Crippen LogP contribution in [0.3, 0.4) is 0 Å². The summed E-state index contributed by atoms with van der Waals surface area (Å²) in [5.41, 5.74) is 0. The van der Waals surface area contributed by atoms with Crippen molar-refractivity contribution >= 4 is 0 Å². The Hall–Kier alpha value is -0.200. The first kappa shape index (κ1) is 13.2. The number of aliphatic hydroxyl groups is 1. The molecule has 0 aromatic rings. The summed E-state index contributed by atoms with van der Waals surface area (Å²) < 4.78 is 0. The van der Waals surface area contributed by atoms with Crippen molar-refractivity contribution in [1.82, 2.24) is 20.4 Å². The largest absolute Gasteiger partial charge is 0.390 e. The van der Waals surface area contributed by atoms with Crippen LogP contribution in [0.25, 0.3) is 0 Å². The van der Waals surface area contributed by atoms with Crippen molar-refractivity contribution in [2.45, 2.75) is 12.5 Å². The van der Waals surface area contributed by atoms with Gasteiger partial charge in [0, 0.05) is 52.4 Å². The minimum Gasteiger partial charge on any atom is -0.390 e. The van der Waals surface area contributed by atoms with Gasteiger partial charge in [0.25, 0.3) is 0 Å². The highest BCUT2D eigenvalue weighted by molar-refractivity contribution is 4.75. The standard InChI is InChI=1S/C12H26N4O/c17-12(11-16-8-4-14-5-9-16)10-15-6-1-2-13-3-7-15/h12-14,17H,1-11H2. The number of β-amino-alcohol motifs (C(OH)–C–C–N with tert-alkyl or cyclic N) is 1. The Bertz CT molecular complexity index is 201. The summed E-state index contributed by atoms with van der Waals surface area (Å²) in [5.74, 6) is 0. The third-order valence-electron chi connectivity index (χ3n) is 3.58. The Morgan fingerprint density at radius 3 is 2.00 bits per heavy atom. The fourth-order valence-corrected chi connectivity index (χ4v) is 2.63. The maximum Gasteiger partial charge on any atom is 0.0793 e. The van der Waals surface area contributed by atoms with Crippen LogP contribution in [0.4, 0.5) is 0 Å². The van der Waals surface area contributed by atoms with Gasteiger partial charge in [0.1, 0.15) is 0 Å². The Kier molecular flexibility index (Phi) is 5.67. The Labute approximate surface area is 104 Å². The summed E-state index contributed by atoms with van der Waals surface area (Å²) in [6, 6.07) is 0. The zero-order valence-corrected chi connectivity index (χ0v) is 10.7. The minimum absolute atomic E-state index is 0.203. The van der Waals surface area contributed by atoms with Gasteiger partial charge in [-0.3, -0.25) is 9.80 Å². The number of piperazine rings is 1. The molecular formula is C12H26N4O. The van der Waals surface area contributed by atoms with E-state index in [1.807, 2.05) is 0 Å². The van der Waals surface area contributed by atoms with Crippen molar-refractivity contribution < 1.29 is 5.11 Å². The zero-order chi connectivity index (χ0) is 11.9. The summed E-state index contributed by atoms with van der Waals surface area (Å²) in [6.07, 6.45) is 0.992. The van der Waals surface area contributed by atoms with E-state index in [4.69, 9.17) is 0 Å². The van der Waals surface area contributed by atoms with Crippen molar-refractivity contribution in [2.75, 3.05) is 65.4 Å². The molecule has 0 saturated carbocycles. The summed E-state index contributed by atoms with van der Waals surface area (Å²) in [6.45, 7) is 10.3. The number of aliphatic hydroxyl groups excluding tert-OH is 1. The van der Waals surface area contributed by atoms with Crippen LogP contribution in [-0.4, -0.2) is 86.5 Å². The molecule has 0 aromatic carbocycles. The molecule has 3 N–H and O–H groups in total. The average molecular weight is 242 g/mol. The van der Waals surface area contributed by atoms with Crippen LogP contribution in [0.15, 0.2) is 0 Å². The summed E-state index contributed by atoms with van der Waals surface area (Å²) in [4.78, 5) is 4.74. The monoisotopic (exact) mass is 242 g/mol. The smallest absolute Gasteiger partial charge is 0.0793 e. The van der Waals surface area contributed by atoms with Crippen molar-refractivity contribution in [3.8, 4) is 0 Å². The lowest BCUT2D eigenvalue weighted by Crippen LogP contribution is -2.48. The number of rotatable bonds is 4. The molecule has 100 valence electrons. The average Bonchev–Trinajstić information content (AvgIpc) is 2.59. The van der Waals surface area contributed by atoms with Gasteiger partial charge in [0.15, 0.2) is 0 Å². The van der Waals surface area contributed by atoms with E-state index < -0.39 is 0 Å². The number of hydrogen-bond donors (Lipinski definition) is 3. The molecular weight excluding hydrogens is 216 g/mol. The molecule has 2 rings (SSSR count). The second kappa shape index (κ2) is 7.28. The van der Waals surface area contributed by atoms with Crippen LogP contribution in [0.1, 0.15) is 6.42 Å². The predicted octanol–water partition coefficient (Wildman–Crippen LogP) is -1.45. The molecule has 2 saturated heterocycles. The lowest BCUT2D eigenvalue weighted by atomic mass is 10.2. The fraction of sp³-hybridized carbons (Fsp3) is 1.00. The van der Waals surface area contributed by atoms with Crippen molar-refractivity contribution in [3.63, 3.8) is 0 Å². The molecule has 5 heteroatoms. The van der Waals surface area contributed by atoms with Crippen LogP contribution in [0.5, 0.6) is 0 Å². The van der Waals surface area contributed by atoms with Gasteiger partial charge in [-0.15, -0.1) is 0 Å². The van der Waals surface area contributed by atoms with E-state index in [1.54, 1.807) is 0 Å². The molecule has 0 radical (unpaired) electrons. The summed E-state index contributed by atoms with van der Waals surface area (Å²) in [7, 11) is 0. The van der Waals surface area contributed by atoms with Gasteiger partial charge in [0.2, 0.25) is 0 Å². The molecule has 0 bridgehead atoms. The Morgan fingerprint density at radius 2 is 1.35 bits per heavy atom.